The smallest absolute Gasteiger partial charge is 0.182 e. The second kappa shape index (κ2) is 11.0. The highest BCUT2D eigenvalue weighted by Crippen LogP contribution is 2.44. The van der Waals surface area contributed by atoms with Gasteiger partial charge in [-0.15, -0.1) is 0 Å². The monoisotopic (exact) mass is 580 g/mol. The van der Waals surface area contributed by atoms with Crippen LogP contribution < -0.4 is 4.74 Å². The summed E-state index contributed by atoms with van der Waals surface area (Å²) in [5, 5.41) is 1.03. The third kappa shape index (κ3) is 4.78. The van der Waals surface area contributed by atoms with Gasteiger partial charge in [-0.3, -0.25) is 14.6 Å². The summed E-state index contributed by atoms with van der Waals surface area (Å²) in [5.41, 5.74) is 4.73. The number of hydrogen-bond donors (Lipinski definition) is 0. The van der Waals surface area contributed by atoms with Crippen molar-refractivity contribution in [2.24, 2.45) is 0 Å². The standard InChI is InChI=1S/C38H29FN2O3/c1-25-22-41(23-27-7-10-30(39)11-8-27)35-19-29(9-13-32(25)35)38(21-26-15-17-40-18-16-26)36(42)33-14-12-31(20-34(33)37(38)43)44-24-28-5-3-2-4-6-28/h2-20,22H,21,23-24H2,1H3. The molecule has 44 heavy (non-hydrogen) atoms. The molecule has 7 rings (SSSR count). The minimum atomic E-state index is -1.45. The first-order valence-corrected chi connectivity index (χ1v) is 14.6. The summed E-state index contributed by atoms with van der Waals surface area (Å²) in [5.74, 6) is -0.217. The van der Waals surface area contributed by atoms with Crippen LogP contribution in [-0.4, -0.2) is 21.1 Å². The lowest BCUT2D eigenvalue weighted by molar-refractivity contribution is 0.0793. The number of halogens is 1. The van der Waals surface area contributed by atoms with E-state index in [1.165, 1.54) is 12.1 Å². The molecule has 1 unspecified atom stereocenters. The summed E-state index contributed by atoms with van der Waals surface area (Å²) in [4.78, 5) is 33.2. The molecular weight excluding hydrogens is 551 g/mol. The Morgan fingerprint density at radius 2 is 1.52 bits per heavy atom. The van der Waals surface area contributed by atoms with Crippen LogP contribution in [0.25, 0.3) is 10.9 Å². The number of Topliss-reactive ketones (excluding diaryl/α,β-unsaturated/α-hetero) is 2. The minimum absolute atomic E-state index is 0.200. The van der Waals surface area contributed by atoms with E-state index in [0.29, 0.717) is 35.6 Å². The van der Waals surface area contributed by atoms with Gasteiger partial charge in [-0.2, -0.15) is 0 Å². The molecule has 1 aliphatic carbocycles. The summed E-state index contributed by atoms with van der Waals surface area (Å²) in [6.07, 6.45) is 5.61. The average molecular weight is 581 g/mol. The van der Waals surface area contributed by atoms with E-state index in [4.69, 9.17) is 4.74 Å². The van der Waals surface area contributed by atoms with Crippen molar-refractivity contribution in [3.05, 3.63) is 166 Å². The molecule has 5 nitrogen and oxygen atoms in total. The van der Waals surface area contributed by atoms with Gasteiger partial charge in [0.2, 0.25) is 0 Å². The molecule has 0 amide bonds. The van der Waals surface area contributed by atoms with Crippen molar-refractivity contribution in [2.75, 3.05) is 0 Å². The van der Waals surface area contributed by atoms with Gasteiger partial charge in [-0.25, -0.2) is 4.39 Å². The molecule has 1 aliphatic rings. The van der Waals surface area contributed by atoms with Crippen LogP contribution in [0.5, 0.6) is 5.75 Å². The highest BCUT2D eigenvalue weighted by Gasteiger charge is 2.54. The van der Waals surface area contributed by atoms with Gasteiger partial charge in [0.1, 0.15) is 23.6 Å². The molecule has 0 fully saturated rings. The van der Waals surface area contributed by atoms with Crippen LogP contribution in [0.1, 0.15) is 48.5 Å². The minimum Gasteiger partial charge on any atom is -0.489 e. The van der Waals surface area contributed by atoms with Crippen molar-refractivity contribution in [2.45, 2.75) is 31.9 Å². The molecular formula is C38H29FN2O3. The number of benzene rings is 4. The molecule has 4 aromatic carbocycles. The zero-order chi connectivity index (χ0) is 30.3. The Kier molecular flexibility index (Phi) is 6.90. The van der Waals surface area contributed by atoms with E-state index < -0.39 is 5.41 Å². The largest absolute Gasteiger partial charge is 0.489 e. The first-order valence-electron chi connectivity index (χ1n) is 14.6. The average Bonchev–Trinajstić information content (AvgIpc) is 3.47. The second-order valence-corrected chi connectivity index (χ2v) is 11.4. The number of carbonyl (C=O) groups excluding carboxylic acids is 2. The summed E-state index contributed by atoms with van der Waals surface area (Å²) in [6.45, 7) is 2.91. The number of ketones is 2. The Morgan fingerprint density at radius 1 is 0.773 bits per heavy atom. The van der Waals surface area contributed by atoms with Crippen molar-refractivity contribution in [3.63, 3.8) is 0 Å². The molecule has 216 valence electrons. The molecule has 0 bridgehead atoms. The zero-order valence-corrected chi connectivity index (χ0v) is 24.2. The van der Waals surface area contributed by atoms with Gasteiger partial charge in [-0.05, 0) is 89.7 Å². The third-order valence-electron chi connectivity index (χ3n) is 8.56. The molecule has 2 heterocycles. The van der Waals surface area contributed by atoms with E-state index in [1.807, 2.05) is 67.6 Å². The molecule has 0 saturated carbocycles. The molecule has 6 heteroatoms. The van der Waals surface area contributed by atoms with Gasteiger partial charge in [-0.1, -0.05) is 54.6 Å². The van der Waals surface area contributed by atoms with Crippen molar-refractivity contribution in [1.29, 1.82) is 0 Å². The van der Waals surface area contributed by atoms with Gasteiger partial charge in [0.15, 0.2) is 11.6 Å². The predicted molar refractivity (Wildman–Crippen MR) is 168 cm³/mol. The van der Waals surface area contributed by atoms with Crippen LogP contribution in [-0.2, 0) is 25.0 Å². The fourth-order valence-corrected chi connectivity index (χ4v) is 6.29. The summed E-state index contributed by atoms with van der Waals surface area (Å²) >= 11 is 0. The van der Waals surface area contributed by atoms with E-state index >= 15 is 0 Å². The number of carbonyl (C=O) groups is 2. The van der Waals surface area contributed by atoms with Gasteiger partial charge >= 0.3 is 0 Å². The predicted octanol–water partition coefficient (Wildman–Crippen LogP) is 7.67. The topological polar surface area (TPSA) is 61.2 Å². The highest BCUT2D eigenvalue weighted by atomic mass is 19.1. The number of pyridine rings is 1. The number of rotatable bonds is 8. The molecule has 0 aliphatic heterocycles. The van der Waals surface area contributed by atoms with Gasteiger partial charge in [0.05, 0.1) is 0 Å². The van der Waals surface area contributed by atoms with E-state index in [2.05, 4.69) is 15.7 Å². The Bertz CT molecular complexity index is 2020. The number of fused-ring (bicyclic) bond motifs is 2. The number of nitrogens with zero attached hydrogens (tertiary/aromatic N) is 2. The molecule has 0 saturated heterocycles. The Labute approximate surface area is 254 Å². The second-order valence-electron chi connectivity index (χ2n) is 11.4. The fourth-order valence-electron chi connectivity index (χ4n) is 6.29. The Morgan fingerprint density at radius 3 is 2.30 bits per heavy atom. The third-order valence-corrected chi connectivity index (χ3v) is 8.56. The normalized spacial score (nSPS) is 16.0. The maximum Gasteiger partial charge on any atom is 0.182 e. The Hall–Kier alpha value is -5.36. The maximum absolute atomic E-state index is 14.6. The summed E-state index contributed by atoms with van der Waals surface area (Å²) < 4.78 is 21.7. The highest BCUT2D eigenvalue weighted by molar-refractivity contribution is 6.33. The summed E-state index contributed by atoms with van der Waals surface area (Å²) in [7, 11) is 0. The lowest BCUT2D eigenvalue weighted by Crippen LogP contribution is -2.40. The number of hydrogen-bond acceptors (Lipinski definition) is 4. The first kappa shape index (κ1) is 27.5. The molecule has 1 atom stereocenters. The Balaban J connectivity index is 1.32. The van der Waals surface area contributed by atoms with Crippen LogP contribution in [0.2, 0.25) is 0 Å². The number of aromatic nitrogens is 2. The van der Waals surface area contributed by atoms with Crippen molar-refractivity contribution < 1.29 is 18.7 Å². The molecule has 2 aromatic heterocycles. The van der Waals surface area contributed by atoms with Crippen LogP contribution in [0.3, 0.4) is 0 Å². The molecule has 0 spiro atoms. The number of aryl methyl sites for hydroxylation is 1. The van der Waals surface area contributed by atoms with Crippen molar-refractivity contribution >= 4 is 22.5 Å². The SMILES string of the molecule is Cc1cn(Cc2ccc(F)cc2)c2cc(C3(Cc4ccncc4)C(=O)c4ccc(OCc5ccccc5)cc4C3=O)ccc12. The zero-order valence-electron chi connectivity index (χ0n) is 24.2. The van der Waals surface area contributed by atoms with Gasteiger partial charge in [0, 0.05) is 47.2 Å². The van der Waals surface area contributed by atoms with Crippen LogP contribution in [0.4, 0.5) is 4.39 Å². The summed E-state index contributed by atoms with van der Waals surface area (Å²) in [6, 6.07) is 31.0. The van der Waals surface area contributed by atoms with E-state index in [-0.39, 0.29) is 23.8 Å². The lowest BCUT2D eigenvalue weighted by Gasteiger charge is -2.27. The van der Waals surface area contributed by atoms with Crippen molar-refractivity contribution in [1.82, 2.24) is 9.55 Å². The van der Waals surface area contributed by atoms with Gasteiger partial charge in [0.25, 0.3) is 0 Å². The number of ether oxygens (including phenoxy) is 1. The molecule has 0 radical (unpaired) electrons. The van der Waals surface area contributed by atoms with E-state index in [1.54, 1.807) is 42.7 Å². The van der Waals surface area contributed by atoms with Gasteiger partial charge < -0.3 is 9.30 Å². The van der Waals surface area contributed by atoms with E-state index in [9.17, 15) is 14.0 Å². The quantitative estimate of drug-likeness (QED) is 0.173. The van der Waals surface area contributed by atoms with Crippen molar-refractivity contribution in [3.8, 4) is 5.75 Å². The lowest BCUT2D eigenvalue weighted by atomic mass is 9.71. The maximum atomic E-state index is 14.6. The fraction of sp³-hybridized carbons (Fsp3) is 0.132. The molecule has 0 N–H and O–H groups in total. The van der Waals surface area contributed by atoms with Crippen LogP contribution in [0, 0.1) is 12.7 Å². The van der Waals surface area contributed by atoms with Crippen LogP contribution >= 0.6 is 0 Å². The first-order chi connectivity index (χ1) is 21.4. The van der Waals surface area contributed by atoms with Crippen LogP contribution in [0.15, 0.2) is 122 Å². The van der Waals surface area contributed by atoms with E-state index in [0.717, 1.165) is 33.2 Å². The molecule has 6 aromatic rings.